The van der Waals surface area contributed by atoms with Gasteiger partial charge in [-0.2, -0.15) is 0 Å². The van der Waals surface area contributed by atoms with Crippen molar-refractivity contribution in [2.45, 2.75) is 84.3 Å². The quantitative estimate of drug-likeness (QED) is 0.819. The lowest BCUT2D eigenvalue weighted by Gasteiger charge is -2.51. The Morgan fingerprint density at radius 2 is 1.67 bits per heavy atom. The van der Waals surface area contributed by atoms with Crippen LogP contribution in [0.5, 0.6) is 0 Å². The zero-order valence-corrected chi connectivity index (χ0v) is 14.1. The normalized spacial score (nSPS) is 27.2. The maximum absolute atomic E-state index is 13.1. The van der Waals surface area contributed by atoms with Crippen molar-refractivity contribution in [1.82, 2.24) is 10.2 Å². The molecule has 0 aromatic heterocycles. The number of rotatable bonds is 6. The Balaban J connectivity index is 2.42. The summed E-state index contributed by atoms with van der Waals surface area (Å²) in [6, 6.07) is -0.608. The van der Waals surface area contributed by atoms with Crippen LogP contribution in [0.15, 0.2) is 0 Å². The maximum atomic E-state index is 13.1. The summed E-state index contributed by atoms with van der Waals surface area (Å²) in [5, 5.41) is 3.00. The molecule has 1 aliphatic carbocycles. The lowest BCUT2D eigenvalue weighted by atomic mass is 9.82. The zero-order chi connectivity index (χ0) is 15.8. The third-order valence-corrected chi connectivity index (χ3v) is 5.56. The molecule has 1 N–H and O–H groups in total. The van der Waals surface area contributed by atoms with E-state index in [4.69, 9.17) is 0 Å². The first-order valence-corrected chi connectivity index (χ1v) is 8.55. The minimum atomic E-state index is -0.327. The minimum absolute atomic E-state index is 0.0428. The molecule has 1 saturated heterocycles. The summed E-state index contributed by atoms with van der Waals surface area (Å²) in [4.78, 5) is 27.7. The van der Waals surface area contributed by atoms with E-state index in [1.165, 1.54) is 0 Å². The number of hydrogen-bond acceptors (Lipinski definition) is 2. The molecule has 0 spiro atoms. The Morgan fingerprint density at radius 3 is 2.05 bits per heavy atom. The van der Waals surface area contributed by atoms with Crippen molar-refractivity contribution >= 4 is 11.8 Å². The Bertz CT molecular complexity index is 403. The van der Waals surface area contributed by atoms with Crippen LogP contribution in [0.3, 0.4) is 0 Å². The Kier molecular flexibility index (Phi) is 4.64. The second-order valence-corrected chi connectivity index (χ2v) is 7.01. The number of piperazine rings is 1. The molecule has 1 aliphatic heterocycles. The lowest BCUT2D eigenvalue weighted by molar-refractivity contribution is -0.161. The van der Waals surface area contributed by atoms with Crippen LogP contribution in [0.4, 0.5) is 0 Å². The van der Waals surface area contributed by atoms with E-state index in [0.29, 0.717) is 5.92 Å². The molecule has 2 amide bonds. The third-order valence-electron chi connectivity index (χ3n) is 5.56. The van der Waals surface area contributed by atoms with E-state index < -0.39 is 0 Å². The highest BCUT2D eigenvalue weighted by Crippen LogP contribution is 2.40. The third kappa shape index (κ3) is 2.69. The van der Waals surface area contributed by atoms with Crippen LogP contribution < -0.4 is 5.32 Å². The zero-order valence-electron chi connectivity index (χ0n) is 14.1. The van der Waals surface area contributed by atoms with E-state index in [2.05, 4.69) is 26.1 Å². The molecule has 0 aromatic carbocycles. The van der Waals surface area contributed by atoms with Gasteiger partial charge in [-0.25, -0.2) is 0 Å². The van der Waals surface area contributed by atoms with Gasteiger partial charge in [-0.3, -0.25) is 9.59 Å². The SMILES string of the molecule is CCC(CC)(CC)N1C(=O)C(C2CC2)NC(=O)C1C(C)C. The van der Waals surface area contributed by atoms with Crippen LogP contribution in [-0.2, 0) is 9.59 Å². The molecule has 0 radical (unpaired) electrons. The summed E-state index contributed by atoms with van der Waals surface area (Å²) in [5.74, 6) is 0.695. The van der Waals surface area contributed by atoms with Gasteiger partial charge in [0.2, 0.25) is 11.8 Å². The number of nitrogens with zero attached hydrogens (tertiary/aromatic N) is 1. The average Bonchev–Trinajstić information content (AvgIpc) is 3.28. The molecule has 0 bridgehead atoms. The van der Waals surface area contributed by atoms with Gasteiger partial charge >= 0.3 is 0 Å². The van der Waals surface area contributed by atoms with Crippen LogP contribution in [-0.4, -0.2) is 34.3 Å². The summed E-state index contributed by atoms with van der Waals surface area (Å²) >= 11 is 0. The van der Waals surface area contributed by atoms with Crippen LogP contribution in [0.2, 0.25) is 0 Å². The van der Waals surface area contributed by atoms with Crippen LogP contribution in [0, 0.1) is 11.8 Å². The number of carbonyl (C=O) groups excluding carboxylic acids is 2. The van der Waals surface area contributed by atoms with Crippen molar-refractivity contribution in [3.8, 4) is 0 Å². The first kappa shape index (κ1) is 16.3. The van der Waals surface area contributed by atoms with Crippen molar-refractivity contribution in [2.75, 3.05) is 0 Å². The molecule has 0 aromatic rings. The van der Waals surface area contributed by atoms with Crippen LogP contribution >= 0.6 is 0 Å². The first-order valence-electron chi connectivity index (χ1n) is 8.55. The van der Waals surface area contributed by atoms with Gasteiger partial charge in [0.1, 0.15) is 12.1 Å². The molecule has 1 heterocycles. The number of carbonyl (C=O) groups is 2. The summed E-state index contributed by atoms with van der Waals surface area (Å²) in [5.41, 5.74) is -0.184. The number of nitrogens with one attached hydrogen (secondary N) is 1. The molecule has 2 rings (SSSR count). The molecule has 2 aliphatic rings. The van der Waals surface area contributed by atoms with Crippen LogP contribution in [0.1, 0.15) is 66.7 Å². The monoisotopic (exact) mass is 294 g/mol. The van der Waals surface area contributed by atoms with Crippen molar-refractivity contribution in [3.05, 3.63) is 0 Å². The standard InChI is InChI=1S/C17H30N2O2/c1-6-17(7-2,8-3)19-14(11(4)5)15(20)18-13(16(19)21)12-9-10-12/h11-14H,6-10H2,1-5H3,(H,18,20). The van der Waals surface area contributed by atoms with Gasteiger partial charge in [-0.1, -0.05) is 34.6 Å². The molecule has 4 nitrogen and oxygen atoms in total. The Hall–Kier alpha value is -1.06. The van der Waals surface area contributed by atoms with Crippen LogP contribution in [0.25, 0.3) is 0 Å². The molecule has 2 fully saturated rings. The fourth-order valence-electron chi connectivity index (χ4n) is 3.84. The highest BCUT2D eigenvalue weighted by Gasteiger charge is 2.52. The molecule has 2 atom stereocenters. The summed E-state index contributed by atoms with van der Waals surface area (Å²) in [6.45, 7) is 10.5. The second-order valence-electron chi connectivity index (χ2n) is 7.01. The van der Waals surface area contributed by atoms with Crippen molar-refractivity contribution in [2.24, 2.45) is 11.8 Å². The topological polar surface area (TPSA) is 49.4 Å². The number of hydrogen-bond donors (Lipinski definition) is 1. The van der Waals surface area contributed by atoms with E-state index in [0.717, 1.165) is 32.1 Å². The molecule has 2 unspecified atom stereocenters. The van der Waals surface area contributed by atoms with Crippen molar-refractivity contribution < 1.29 is 9.59 Å². The van der Waals surface area contributed by atoms with E-state index in [1.54, 1.807) is 0 Å². The lowest BCUT2D eigenvalue weighted by Crippen LogP contribution is -2.71. The maximum Gasteiger partial charge on any atom is 0.246 e. The van der Waals surface area contributed by atoms with Gasteiger partial charge in [-0.05, 0) is 43.9 Å². The fraction of sp³-hybridized carbons (Fsp3) is 0.882. The smallest absolute Gasteiger partial charge is 0.246 e. The van der Waals surface area contributed by atoms with Gasteiger partial charge in [0.15, 0.2) is 0 Å². The molecule has 4 heteroatoms. The molecule has 1 saturated carbocycles. The molecule has 21 heavy (non-hydrogen) atoms. The highest BCUT2D eigenvalue weighted by molar-refractivity contribution is 5.98. The Morgan fingerprint density at radius 1 is 1.14 bits per heavy atom. The minimum Gasteiger partial charge on any atom is -0.342 e. The predicted octanol–water partition coefficient (Wildman–Crippen LogP) is 2.72. The largest absolute Gasteiger partial charge is 0.342 e. The van der Waals surface area contributed by atoms with Gasteiger partial charge in [0.25, 0.3) is 0 Å². The van der Waals surface area contributed by atoms with E-state index >= 15 is 0 Å². The Labute approximate surface area is 128 Å². The number of amides is 2. The summed E-state index contributed by atoms with van der Waals surface area (Å²) in [7, 11) is 0. The van der Waals surface area contributed by atoms with E-state index in [1.807, 2.05) is 18.7 Å². The second kappa shape index (κ2) is 5.98. The summed E-state index contributed by atoms with van der Waals surface area (Å²) in [6.07, 6.45) is 4.83. The highest BCUT2D eigenvalue weighted by atomic mass is 16.2. The molecular formula is C17H30N2O2. The van der Waals surface area contributed by atoms with Gasteiger partial charge in [0, 0.05) is 5.54 Å². The first-order chi connectivity index (χ1) is 9.91. The van der Waals surface area contributed by atoms with Crippen molar-refractivity contribution in [1.29, 1.82) is 0 Å². The van der Waals surface area contributed by atoms with Gasteiger partial charge < -0.3 is 10.2 Å². The predicted molar refractivity (Wildman–Crippen MR) is 83.7 cm³/mol. The summed E-state index contributed by atoms with van der Waals surface area (Å²) < 4.78 is 0. The van der Waals surface area contributed by atoms with Crippen molar-refractivity contribution in [3.63, 3.8) is 0 Å². The van der Waals surface area contributed by atoms with Gasteiger partial charge in [0.05, 0.1) is 0 Å². The van der Waals surface area contributed by atoms with E-state index in [9.17, 15) is 9.59 Å². The van der Waals surface area contributed by atoms with Gasteiger partial charge in [-0.15, -0.1) is 0 Å². The average molecular weight is 294 g/mol. The fourth-order valence-corrected chi connectivity index (χ4v) is 3.84. The molecule has 120 valence electrons. The molecular weight excluding hydrogens is 264 g/mol. The van der Waals surface area contributed by atoms with E-state index in [-0.39, 0.29) is 35.4 Å².